The first-order valence-electron chi connectivity index (χ1n) is 10.7. The molecule has 182 valence electrons. The molecule has 3 atom stereocenters. The van der Waals surface area contributed by atoms with Gasteiger partial charge in [0.2, 0.25) is 10.0 Å². The van der Waals surface area contributed by atoms with Crippen molar-refractivity contribution in [2.24, 2.45) is 5.92 Å². The van der Waals surface area contributed by atoms with Crippen LogP contribution in [0.2, 0.25) is 0 Å². The molecule has 0 aliphatic carbocycles. The number of anilines is 1. The largest absolute Gasteiger partial charge is 0.491 e. The van der Waals surface area contributed by atoms with Crippen molar-refractivity contribution in [3.05, 3.63) is 40.3 Å². The van der Waals surface area contributed by atoms with E-state index in [4.69, 9.17) is 9.47 Å². The summed E-state index contributed by atoms with van der Waals surface area (Å²) in [7, 11) is -0.114. The monoisotopic (exact) mass is 496 g/mol. The van der Waals surface area contributed by atoms with Gasteiger partial charge in [0, 0.05) is 50.6 Å². The van der Waals surface area contributed by atoms with Gasteiger partial charge in [0.15, 0.2) is 0 Å². The Hall–Kier alpha value is -2.21. The molecule has 0 saturated carbocycles. The molecule has 1 aliphatic heterocycles. The van der Waals surface area contributed by atoms with Crippen LogP contribution >= 0.6 is 11.3 Å². The summed E-state index contributed by atoms with van der Waals surface area (Å²) in [5.41, 5.74) is 0.608. The highest BCUT2D eigenvalue weighted by molar-refractivity contribution is 7.92. The summed E-state index contributed by atoms with van der Waals surface area (Å²) >= 11 is 1.62. The van der Waals surface area contributed by atoms with Gasteiger partial charge in [-0.3, -0.25) is 14.4 Å². The van der Waals surface area contributed by atoms with Crippen molar-refractivity contribution < 1.29 is 22.7 Å². The van der Waals surface area contributed by atoms with Gasteiger partial charge in [-0.05, 0) is 31.0 Å². The molecule has 1 aromatic heterocycles. The Labute approximate surface area is 199 Å². The summed E-state index contributed by atoms with van der Waals surface area (Å²) in [5.74, 6) is 0.295. The number of sulfonamides is 1. The zero-order valence-electron chi connectivity index (χ0n) is 19.6. The SMILES string of the molecule is CO[C@@H]1CN(C)C(=O)c2cc(NS(C)(=O)=O)ccc2OC[C@@H](C)N(Cc2nccs2)C[C@H]1C. The summed E-state index contributed by atoms with van der Waals surface area (Å²) < 4.78 is 37.7. The van der Waals surface area contributed by atoms with E-state index >= 15 is 0 Å². The number of methoxy groups -OCH3 is 1. The molecule has 1 aliphatic rings. The number of fused-ring (bicyclic) bond motifs is 1. The van der Waals surface area contributed by atoms with E-state index in [0.717, 1.165) is 17.8 Å². The molecule has 2 aromatic rings. The van der Waals surface area contributed by atoms with Crippen molar-refractivity contribution in [1.29, 1.82) is 0 Å². The number of nitrogens with zero attached hydrogens (tertiary/aromatic N) is 3. The fraction of sp³-hybridized carbons (Fsp3) is 0.545. The Balaban J connectivity index is 1.95. The molecular formula is C22H32N4O5S2. The zero-order chi connectivity index (χ0) is 24.2. The van der Waals surface area contributed by atoms with Gasteiger partial charge < -0.3 is 14.4 Å². The maximum atomic E-state index is 13.3. The number of thiazole rings is 1. The van der Waals surface area contributed by atoms with Gasteiger partial charge in [-0.15, -0.1) is 11.3 Å². The summed E-state index contributed by atoms with van der Waals surface area (Å²) in [6.45, 7) is 6.40. The van der Waals surface area contributed by atoms with Crippen molar-refractivity contribution in [3.8, 4) is 5.75 Å². The number of aromatic nitrogens is 1. The number of amides is 1. The fourth-order valence-electron chi connectivity index (χ4n) is 3.85. The third-order valence-corrected chi connectivity index (χ3v) is 7.07. The molecule has 0 unspecified atom stereocenters. The number of ether oxygens (including phenoxy) is 2. The summed E-state index contributed by atoms with van der Waals surface area (Å²) in [4.78, 5) is 21.6. The number of rotatable bonds is 5. The molecule has 0 bridgehead atoms. The third-order valence-electron chi connectivity index (χ3n) is 5.70. The maximum absolute atomic E-state index is 13.3. The lowest BCUT2D eigenvalue weighted by atomic mass is 10.0. The molecule has 3 rings (SSSR count). The van der Waals surface area contributed by atoms with E-state index < -0.39 is 10.0 Å². The van der Waals surface area contributed by atoms with Crippen LogP contribution in [0, 0.1) is 5.92 Å². The van der Waals surface area contributed by atoms with Gasteiger partial charge in [-0.2, -0.15) is 0 Å². The van der Waals surface area contributed by atoms with E-state index in [9.17, 15) is 13.2 Å². The molecule has 0 fully saturated rings. The van der Waals surface area contributed by atoms with E-state index in [1.54, 1.807) is 48.7 Å². The Morgan fingerprint density at radius 2 is 2.06 bits per heavy atom. The lowest BCUT2D eigenvalue weighted by Crippen LogP contribution is -2.46. The maximum Gasteiger partial charge on any atom is 0.257 e. The van der Waals surface area contributed by atoms with Gasteiger partial charge in [-0.25, -0.2) is 13.4 Å². The standard InChI is InChI=1S/C22H32N4O5S2/c1-15-11-26(13-21-23-8-9-32-21)16(2)14-31-19-7-6-17(24-33(5,28)29)10-18(19)22(27)25(3)12-20(15)30-4/h6-10,15-16,20,24H,11-14H2,1-5H3/t15-,16-,20-/m1/s1. The number of hydrogen-bond donors (Lipinski definition) is 1. The smallest absolute Gasteiger partial charge is 0.257 e. The molecule has 1 aromatic carbocycles. The second kappa shape index (κ2) is 10.8. The quantitative estimate of drug-likeness (QED) is 0.679. The lowest BCUT2D eigenvalue weighted by Gasteiger charge is -2.35. The number of carbonyl (C=O) groups excluding carboxylic acids is 1. The van der Waals surface area contributed by atoms with Gasteiger partial charge in [0.25, 0.3) is 5.91 Å². The summed E-state index contributed by atoms with van der Waals surface area (Å²) in [6, 6.07) is 4.79. The van der Waals surface area contributed by atoms with Crippen LogP contribution in [0.1, 0.15) is 29.2 Å². The molecule has 33 heavy (non-hydrogen) atoms. The molecule has 11 heteroatoms. The second-order valence-corrected chi connectivity index (χ2v) is 11.3. The topological polar surface area (TPSA) is 101 Å². The fourth-order valence-corrected chi connectivity index (χ4v) is 5.05. The van der Waals surface area contributed by atoms with Crippen LogP contribution in [0.5, 0.6) is 5.75 Å². The van der Waals surface area contributed by atoms with E-state index in [2.05, 4.69) is 28.5 Å². The number of likely N-dealkylation sites (N-methyl/N-ethyl adjacent to an activating group) is 1. The second-order valence-electron chi connectivity index (χ2n) is 8.54. The minimum absolute atomic E-state index is 0.0442. The van der Waals surface area contributed by atoms with Crippen molar-refractivity contribution in [3.63, 3.8) is 0 Å². The molecule has 2 heterocycles. The van der Waals surface area contributed by atoms with Crippen LogP contribution in [-0.4, -0.2) is 81.4 Å². The first-order valence-corrected chi connectivity index (χ1v) is 13.5. The van der Waals surface area contributed by atoms with Crippen LogP contribution < -0.4 is 9.46 Å². The summed E-state index contributed by atoms with van der Waals surface area (Å²) in [5, 5.41) is 2.99. The Kier molecular flexibility index (Phi) is 8.33. The zero-order valence-corrected chi connectivity index (χ0v) is 21.3. The molecule has 0 radical (unpaired) electrons. The molecule has 1 N–H and O–H groups in total. The molecule has 0 spiro atoms. The predicted molar refractivity (Wildman–Crippen MR) is 129 cm³/mol. The highest BCUT2D eigenvalue weighted by Crippen LogP contribution is 2.27. The molecule has 0 saturated heterocycles. The minimum atomic E-state index is -3.48. The highest BCUT2D eigenvalue weighted by Gasteiger charge is 2.29. The predicted octanol–water partition coefficient (Wildman–Crippen LogP) is 2.52. The number of nitrogens with one attached hydrogen (secondary N) is 1. The van der Waals surface area contributed by atoms with Gasteiger partial charge in [0.1, 0.15) is 17.4 Å². The molecule has 9 nitrogen and oxygen atoms in total. The Morgan fingerprint density at radius 1 is 1.30 bits per heavy atom. The minimum Gasteiger partial charge on any atom is -0.491 e. The van der Waals surface area contributed by atoms with Gasteiger partial charge in [-0.1, -0.05) is 6.92 Å². The van der Waals surface area contributed by atoms with Crippen LogP contribution in [0.25, 0.3) is 0 Å². The number of hydrogen-bond acceptors (Lipinski definition) is 8. The van der Waals surface area contributed by atoms with Crippen molar-refractivity contribution in [1.82, 2.24) is 14.8 Å². The van der Waals surface area contributed by atoms with Gasteiger partial charge in [0.05, 0.1) is 24.5 Å². The average molecular weight is 497 g/mol. The average Bonchev–Trinajstić information content (AvgIpc) is 3.26. The van der Waals surface area contributed by atoms with Crippen LogP contribution in [0.4, 0.5) is 5.69 Å². The van der Waals surface area contributed by atoms with Crippen molar-refractivity contribution >= 4 is 33.0 Å². The highest BCUT2D eigenvalue weighted by atomic mass is 32.2. The first kappa shape index (κ1) is 25.4. The van der Waals surface area contributed by atoms with E-state index in [1.807, 2.05) is 5.38 Å². The normalized spacial score (nSPS) is 23.2. The number of benzene rings is 1. The molecule has 1 amide bonds. The summed E-state index contributed by atoms with van der Waals surface area (Å²) in [6.07, 6.45) is 2.70. The number of carbonyl (C=O) groups is 1. The van der Waals surface area contributed by atoms with E-state index in [0.29, 0.717) is 36.7 Å². The first-order chi connectivity index (χ1) is 15.6. The van der Waals surface area contributed by atoms with Gasteiger partial charge >= 0.3 is 0 Å². The van der Waals surface area contributed by atoms with Crippen molar-refractivity contribution in [2.75, 3.05) is 44.8 Å². The van der Waals surface area contributed by atoms with Crippen LogP contribution in [-0.2, 0) is 21.3 Å². The Bertz CT molecular complexity index is 1050. The van der Waals surface area contributed by atoms with E-state index in [-0.39, 0.29) is 24.0 Å². The Morgan fingerprint density at radius 3 is 2.70 bits per heavy atom. The van der Waals surface area contributed by atoms with Crippen LogP contribution in [0.15, 0.2) is 29.8 Å². The van der Waals surface area contributed by atoms with Crippen molar-refractivity contribution in [2.45, 2.75) is 32.5 Å². The van der Waals surface area contributed by atoms with Crippen LogP contribution in [0.3, 0.4) is 0 Å². The molecular weight excluding hydrogens is 464 g/mol. The third kappa shape index (κ3) is 6.89. The lowest BCUT2D eigenvalue weighted by molar-refractivity contribution is 0.00921. The van der Waals surface area contributed by atoms with E-state index in [1.165, 1.54) is 6.07 Å².